The summed E-state index contributed by atoms with van der Waals surface area (Å²) in [5.74, 6) is 0.798. The van der Waals surface area contributed by atoms with Gasteiger partial charge in [0.25, 0.3) is 0 Å². The Morgan fingerprint density at radius 3 is 2.32 bits per heavy atom. The zero-order chi connectivity index (χ0) is 15.1. The maximum Gasteiger partial charge on any atom is 0.127 e. The molecule has 1 atom stereocenters. The zero-order valence-corrected chi connectivity index (χ0v) is 13.8. The molecule has 2 N–H and O–H groups in total. The predicted molar refractivity (Wildman–Crippen MR) is 93.8 cm³/mol. The highest BCUT2D eigenvalue weighted by Crippen LogP contribution is 2.29. The van der Waals surface area contributed by atoms with Crippen molar-refractivity contribution in [2.75, 3.05) is 13.2 Å². The van der Waals surface area contributed by atoms with Gasteiger partial charge in [0.15, 0.2) is 0 Å². The number of aliphatic hydroxyl groups is 1. The molecule has 0 aliphatic carbocycles. The van der Waals surface area contributed by atoms with Crippen molar-refractivity contribution in [2.45, 2.75) is 26.0 Å². The van der Waals surface area contributed by atoms with E-state index in [9.17, 15) is 5.11 Å². The van der Waals surface area contributed by atoms with E-state index in [1.54, 1.807) is 0 Å². The lowest BCUT2D eigenvalue weighted by molar-refractivity contribution is 0.105. The summed E-state index contributed by atoms with van der Waals surface area (Å²) >= 11 is 0. The normalized spacial score (nSPS) is 11.8. The predicted octanol–water partition coefficient (Wildman–Crippen LogP) is 3.51. The van der Waals surface area contributed by atoms with Crippen LogP contribution in [-0.4, -0.2) is 30.4 Å². The van der Waals surface area contributed by atoms with Crippen LogP contribution in [0.3, 0.4) is 0 Å². The SMILES string of the molecule is CC(C)NCC(O)COc1ccccc1-c1ccccc1.Cl. The van der Waals surface area contributed by atoms with Crippen LogP contribution in [0, 0.1) is 0 Å². The van der Waals surface area contributed by atoms with Crippen LogP contribution in [-0.2, 0) is 0 Å². The minimum atomic E-state index is -0.517. The van der Waals surface area contributed by atoms with Gasteiger partial charge in [0, 0.05) is 18.2 Å². The Morgan fingerprint density at radius 2 is 1.64 bits per heavy atom. The van der Waals surface area contributed by atoms with Crippen molar-refractivity contribution in [3.8, 4) is 16.9 Å². The summed E-state index contributed by atoms with van der Waals surface area (Å²) in [4.78, 5) is 0. The lowest BCUT2D eigenvalue weighted by Crippen LogP contribution is -2.35. The number of rotatable bonds is 7. The second-order valence-corrected chi connectivity index (χ2v) is 5.39. The van der Waals surface area contributed by atoms with Crippen molar-refractivity contribution < 1.29 is 9.84 Å². The number of aliphatic hydroxyl groups excluding tert-OH is 1. The van der Waals surface area contributed by atoms with E-state index in [1.165, 1.54) is 0 Å². The Kier molecular flexibility index (Phi) is 7.96. The lowest BCUT2D eigenvalue weighted by Gasteiger charge is -2.16. The van der Waals surface area contributed by atoms with E-state index < -0.39 is 6.10 Å². The van der Waals surface area contributed by atoms with Crippen molar-refractivity contribution >= 4 is 12.4 Å². The summed E-state index contributed by atoms with van der Waals surface area (Å²) in [6, 6.07) is 18.4. The third-order valence-corrected chi connectivity index (χ3v) is 3.16. The Labute approximate surface area is 138 Å². The first kappa shape index (κ1) is 18.5. The fraction of sp³-hybridized carbons (Fsp3) is 0.333. The molecule has 0 bridgehead atoms. The van der Waals surface area contributed by atoms with Gasteiger partial charge in [0.05, 0.1) is 0 Å². The molecule has 4 heteroatoms. The number of hydrogen-bond acceptors (Lipinski definition) is 3. The fourth-order valence-electron chi connectivity index (χ4n) is 2.07. The molecule has 2 rings (SSSR count). The monoisotopic (exact) mass is 321 g/mol. The standard InChI is InChI=1S/C18H23NO2.ClH/c1-14(2)19-12-16(20)13-21-18-11-7-6-10-17(18)15-8-4-3-5-9-15;/h3-11,14,16,19-20H,12-13H2,1-2H3;1H. The Bertz CT molecular complexity index is 546. The van der Waals surface area contributed by atoms with Gasteiger partial charge in [-0.2, -0.15) is 0 Å². The van der Waals surface area contributed by atoms with E-state index in [0.717, 1.165) is 16.9 Å². The third kappa shape index (κ3) is 5.68. The Balaban J connectivity index is 0.00000242. The van der Waals surface area contributed by atoms with E-state index in [2.05, 4.69) is 31.3 Å². The maximum absolute atomic E-state index is 9.93. The molecule has 1 unspecified atom stereocenters. The van der Waals surface area contributed by atoms with E-state index in [4.69, 9.17) is 4.74 Å². The number of halogens is 1. The number of nitrogens with one attached hydrogen (secondary N) is 1. The van der Waals surface area contributed by atoms with Gasteiger partial charge < -0.3 is 15.2 Å². The topological polar surface area (TPSA) is 41.5 Å². The van der Waals surface area contributed by atoms with Crippen LogP contribution in [0.25, 0.3) is 11.1 Å². The first-order valence-electron chi connectivity index (χ1n) is 7.35. The van der Waals surface area contributed by atoms with Crippen molar-refractivity contribution in [1.82, 2.24) is 5.32 Å². The molecule has 0 saturated heterocycles. The number of ether oxygens (including phenoxy) is 1. The Hall–Kier alpha value is -1.55. The van der Waals surface area contributed by atoms with E-state index in [-0.39, 0.29) is 19.0 Å². The van der Waals surface area contributed by atoms with Crippen LogP contribution < -0.4 is 10.1 Å². The molecule has 2 aromatic carbocycles. The highest BCUT2D eigenvalue weighted by atomic mass is 35.5. The molecule has 0 saturated carbocycles. The molecule has 0 radical (unpaired) electrons. The van der Waals surface area contributed by atoms with Gasteiger partial charge >= 0.3 is 0 Å². The van der Waals surface area contributed by atoms with Crippen molar-refractivity contribution in [3.63, 3.8) is 0 Å². The van der Waals surface area contributed by atoms with Gasteiger partial charge in [-0.3, -0.25) is 0 Å². The molecule has 22 heavy (non-hydrogen) atoms. The molecule has 0 heterocycles. The van der Waals surface area contributed by atoms with E-state index in [0.29, 0.717) is 12.6 Å². The minimum absolute atomic E-state index is 0. The second kappa shape index (κ2) is 9.46. The van der Waals surface area contributed by atoms with E-state index >= 15 is 0 Å². The summed E-state index contributed by atoms with van der Waals surface area (Å²) in [7, 11) is 0. The van der Waals surface area contributed by atoms with Gasteiger partial charge in [-0.25, -0.2) is 0 Å². The molecule has 0 aliphatic rings. The third-order valence-electron chi connectivity index (χ3n) is 3.16. The minimum Gasteiger partial charge on any atom is -0.490 e. The maximum atomic E-state index is 9.93. The van der Waals surface area contributed by atoms with Gasteiger partial charge in [0.2, 0.25) is 0 Å². The molecule has 0 aliphatic heterocycles. The number of benzene rings is 2. The zero-order valence-electron chi connectivity index (χ0n) is 13.0. The summed E-state index contributed by atoms with van der Waals surface area (Å²) in [6.07, 6.45) is -0.517. The first-order valence-corrected chi connectivity index (χ1v) is 7.35. The van der Waals surface area contributed by atoms with Crippen LogP contribution in [0.2, 0.25) is 0 Å². The molecule has 3 nitrogen and oxygen atoms in total. The Morgan fingerprint density at radius 1 is 1.00 bits per heavy atom. The van der Waals surface area contributed by atoms with Crippen LogP contribution in [0.4, 0.5) is 0 Å². The molecular weight excluding hydrogens is 298 g/mol. The quantitative estimate of drug-likeness (QED) is 0.820. The van der Waals surface area contributed by atoms with Gasteiger partial charge in [-0.1, -0.05) is 62.4 Å². The lowest BCUT2D eigenvalue weighted by atomic mass is 10.1. The fourth-order valence-corrected chi connectivity index (χ4v) is 2.07. The highest BCUT2D eigenvalue weighted by molar-refractivity contribution is 5.85. The van der Waals surface area contributed by atoms with Crippen LogP contribution in [0.1, 0.15) is 13.8 Å². The summed E-state index contributed by atoms with van der Waals surface area (Å²) in [5, 5.41) is 13.1. The summed E-state index contributed by atoms with van der Waals surface area (Å²) < 4.78 is 5.80. The molecule has 2 aromatic rings. The van der Waals surface area contributed by atoms with E-state index in [1.807, 2.05) is 42.5 Å². The number of hydrogen-bond donors (Lipinski definition) is 2. The van der Waals surface area contributed by atoms with Crippen molar-refractivity contribution in [3.05, 3.63) is 54.6 Å². The smallest absolute Gasteiger partial charge is 0.127 e. The van der Waals surface area contributed by atoms with Crippen molar-refractivity contribution in [1.29, 1.82) is 0 Å². The number of para-hydroxylation sites is 1. The van der Waals surface area contributed by atoms with Gasteiger partial charge in [-0.05, 0) is 11.6 Å². The van der Waals surface area contributed by atoms with Gasteiger partial charge in [0.1, 0.15) is 18.5 Å². The summed E-state index contributed by atoms with van der Waals surface area (Å²) in [6.45, 7) is 4.92. The highest BCUT2D eigenvalue weighted by Gasteiger charge is 2.09. The molecule has 0 spiro atoms. The van der Waals surface area contributed by atoms with Crippen LogP contribution in [0.5, 0.6) is 5.75 Å². The van der Waals surface area contributed by atoms with Crippen LogP contribution >= 0.6 is 12.4 Å². The molecule has 0 amide bonds. The molecule has 0 fully saturated rings. The largest absolute Gasteiger partial charge is 0.490 e. The average Bonchev–Trinajstić information content (AvgIpc) is 2.52. The first-order chi connectivity index (χ1) is 10.2. The molecular formula is C18H24ClNO2. The van der Waals surface area contributed by atoms with Gasteiger partial charge in [-0.15, -0.1) is 12.4 Å². The van der Waals surface area contributed by atoms with Crippen LogP contribution in [0.15, 0.2) is 54.6 Å². The molecule has 0 aromatic heterocycles. The summed E-state index contributed by atoms with van der Waals surface area (Å²) in [5.41, 5.74) is 2.16. The van der Waals surface area contributed by atoms with Crippen molar-refractivity contribution in [2.24, 2.45) is 0 Å². The average molecular weight is 322 g/mol. The molecule has 120 valence electrons. The second-order valence-electron chi connectivity index (χ2n) is 5.39.